The van der Waals surface area contributed by atoms with Gasteiger partial charge in [-0.15, -0.1) is 5.10 Å². The molecule has 194 valence electrons. The van der Waals surface area contributed by atoms with Crippen LogP contribution in [0.5, 0.6) is 17.2 Å². The van der Waals surface area contributed by atoms with Crippen LogP contribution < -0.4 is 19.5 Å². The number of rotatable bonds is 7. The maximum atomic E-state index is 13.6. The molecule has 8 nitrogen and oxygen atoms in total. The van der Waals surface area contributed by atoms with Crippen LogP contribution in [0.3, 0.4) is 0 Å². The number of ether oxygens (including phenoxy) is 3. The van der Waals surface area contributed by atoms with Crippen molar-refractivity contribution < 1.29 is 19.0 Å². The third kappa shape index (κ3) is 4.78. The van der Waals surface area contributed by atoms with Crippen molar-refractivity contribution in [3.05, 3.63) is 63.8 Å². The highest BCUT2D eigenvalue weighted by atomic mass is 35.5. The number of Topliss-reactive ketones (excluding diaryl/α,β-unsaturated/α-hetero) is 1. The minimum atomic E-state index is -0.495. The van der Waals surface area contributed by atoms with Gasteiger partial charge in [0.05, 0.1) is 21.3 Å². The molecule has 0 bridgehead atoms. The molecule has 0 fully saturated rings. The number of methoxy groups -OCH3 is 3. The van der Waals surface area contributed by atoms with Crippen LogP contribution in [0, 0.1) is 5.41 Å². The fourth-order valence-corrected chi connectivity index (χ4v) is 6.09. The second-order valence-electron chi connectivity index (χ2n) is 9.86. The summed E-state index contributed by atoms with van der Waals surface area (Å²) in [6.07, 6.45) is 1.18. The predicted molar refractivity (Wildman–Crippen MR) is 144 cm³/mol. The molecule has 1 aromatic heterocycles. The number of hydrogen-bond acceptors (Lipinski definition) is 8. The van der Waals surface area contributed by atoms with E-state index in [0.717, 1.165) is 23.2 Å². The second-order valence-corrected chi connectivity index (χ2v) is 11.2. The molecule has 2 heterocycles. The SMILES string of the molecule is COc1cc([C@H]2C3=C(CC(C)(C)CC3=O)Nc3nc(SCc4ccccc4Cl)nn32)cc(OC)c1OC. The normalized spacial score (nSPS) is 18.1. The Morgan fingerprint density at radius 1 is 1.11 bits per heavy atom. The molecule has 0 spiro atoms. The standard InChI is InChI=1S/C27H29ClN4O4S/c1-27(2)12-18-22(19(33)13-27)23(16-10-20(34-3)24(36-5)21(11-16)35-4)32-25(29-18)30-26(31-32)37-14-15-8-6-7-9-17(15)28/h6-11,23H,12-14H2,1-5H3,(H,29,30,31)/t23-/m0/s1. The Labute approximate surface area is 225 Å². The van der Waals surface area contributed by atoms with Gasteiger partial charge in [-0.1, -0.05) is 55.4 Å². The number of thioether (sulfide) groups is 1. The maximum absolute atomic E-state index is 13.6. The average molecular weight is 541 g/mol. The first kappa shape index (κ1) is 25.5. The Balaban J connectivity index is 1.61. The molecule has 1 N–H and O–H groups in total. The first-order valence-corrected chi connectivity index (χ1v) is 13.3. The number of nitrogens with one attached hydrogen (secondary N) is 1. The molecule has 3 aromatic rings. The van der Waals surface area contributed by atoms with Gasteiger partial charge < -0.3 is 19.5 Å². The van der Waals surface area contributed by atoms with Gasteiger partial charge in [-0.05, 0) is 41.2 Å². The summed E-state index contributed by atoms with van der Waals surface area (Å²) in [5, 5.41) is 9.54. The maximum Gasteiger partial charge on any atom is 0.227 e. The second kappa shape index (κ2) is 9.95. The lowest BCUT2D eigenvalue weighted by Gasteiger charge is -2.38. The van der Waals surface area contributed by atoms with Crippen molar-refractivity contribution in [2.24, 2.45) is 5.41 Å². The molecule has 0 amide bonds. The minimum absolute atomic E-state index is 0.0870. The quantitative estimate of drug-likeness (QED) is 0.370. The van der Waals surface area contributed by atoms with Gasteiger partial charge >= 0.3 is 0 Å². The molecule has 37 heavy (non-hydrogen) atoms. The zero-order valence-corrected chi connectivity index (χ0v) is 23.0. The van der Waals surface area contributed by atoms with E-state index in [9.17, 15) is 4.79 Å². The highest BCUT2D eigenvalue weighted by molar-refractivity contribution is 7.98. The van der Waals surface area contributed by atoms with Gasteiger partial charge in [-0.2, -0.15) is 4.98 Å². The number of nitrogens with zero attached hydrogens (tertiary/aromatic N) is 3. The molecule has 1 aliphatic heterocycles. The zero-order valence-electron chi connectivity index (χ0n) is 21.4. The molecular formula is C27H29ClN4O4S. The average Bonchev–Trinajstić information content (AvgIpc) is 3.27. The van der Waals surface area contributed by atoms with E-state index in [0.29, 0.717) is 51.1 Å². The molecule has 2 aromatic carbocycles. The van der Waals surface area contributed by atoms with Crippen molar-refractivity contribution in [3.8, 4) is 17.2 Å². The monoisotopic (exact) mass is 540 g/mol. The van der Waals surface area contributed by atoms with E-state index >= 15 is 0 Å². The lowest BCUT2D eigenvalue weighted by Crippen LogP contribution is -2.36. The highest BCUT2D eigenvalue weighted by Crippen LogP contribution is 2.48. The predicted octanol–water partition coefficient (Wildman–Crippen LogP) is 5.91. The van der Waals surface area contributed by atoms with E-state index in [2.05, 4.69) is 19.2 Å². The largest absolute Gasteiger partial charge is 0.493 e. The molecule has 0 unspecified atom stereocenters. The van der Waals surface area contributed by atoms with Crippen molar-refractivity contribution in [1.29, 1.82) is 0 Å². The lowest BCUT2D eigenvalue weighted by molar-refractivity contribution is -0.118. The molecule has 2 aliphatic rings. The van der Waals surface area contributed by atoms with Crippen LogP contribution in [0.15, 0.2) is 52.8 Å². The zero-order chi connectivity index (χ0) is 26.3. The third-order valence-corrected chi connectivity index (χ3v) is 7.89. The summed E-state index contributed by atoms with van der Waals surface area (Å²) < 4.78 is 18.5. The summed E-state index contributed by atoms with van der Waals surface area (Å²) in [6.45, 7) is 4.21. The van der Waals surface area contributed by atoms with Crippen LogP contribution in [0.2, 0.25) is 5.02 Å². The van der Waals surface area contributed by atoms with Crippen molar-refractivity contribution >= 4 is 35.1 Å². The van der Waals surface area contributed by atoms with Crippen molar-refractivity contribution in [1.82, 2.24) is 14.8 Å². The fourth-order valence-electron chi connectivity index (χ4n) is 4.98. The van der Waals surface area contributed by atoms with E-state index in [1.54, 1.807) is 26.0 Å². The van der Waals surface area contributed by atoms with Crippen LogP contribution >= 0.6 is 23.4 Å². The van der Waals surface area contributed by atoms with Gasteiger partial charge in [0.25, 0.3) is 0 Å². The number of carbonyl (C=O) groups is 1. The first-order chi connectivity index (χ1) is 17.7. The number of ketones is 1. The van der Waals surface area contributed by atoms with Gasteiger partial charge in [-0.3, -0.25) is 4.79 Å². The molecule has 0 saturated carbocycles. The van der Waals surface area contributed by atoms with E-state index in [1.165, 1.54) is 11.8 Å². The van der Waals surface area contributed by atoms with E-state index in [-0.39, 0.29) is 11.2 Å². The van der Waals surface area contributed by atoms with Crippen LogP contribution in [0.1, 0.15) is 43.9 Å². The van der Waals surface area contributed by atoms with Crippen LogP contribution in [-0.4, -0.2) is 41.9 Å². The number of aromatic nitrogens is 3. The summed E-state index contributed by atoms with van der Waals surface area (Å²) in [6, 6.07) is 11.0. The van der Waals surface area contributed by atoms with E-state index in [4.69, 9.17) is 35.9 Å². The van der Waals surface area contributed by atoms with Crippen molar-refractivity contribution in [2.75, 3.05) is 26.6 Å². The molecule has 1 aliphatic carbocycles. The summed E-state index contributed by atoms with van der Waals surface area (Å²) >= 11 is 7.85. The third-order valence-electron chi connectivity index (χ3n) is 6.63. The van der Waals surface area contributed by atoms with E-state index in [1.807, 2.05) is 36.4 Å². The van der Waals surface area contributed by atoms with Crippen LogP contribution in [0.4, 0.5) is 5.95 Å². The molecule has 10 heteroatoms. The van der Waals surface area contributed by atoms with Gasteiger partial charge in [-0.25, -0.2) is 4.68 Å². The number of anilines is 1. The number of hydrogen-bond donors (Lipinski definition) is 1. The summed E-state index contributed by atoms with van der Waals surface area (Å²) in [5.74, 6) is 2.81. The van der Waals surface area contributed by atoms with Gasteiger partial charge in [0.1, 0.15) is 6.04 Å². The first-order valence-electron chi connectivity index (χ1n) is 11.9. The smallest absolute Gasteiger partial charge is 0.227 e. The Morgan fingerprint density at radius 3 is 2.46 bits per heavy atom. The minimum Gasteiger partial charge on any atom is -0.493 e. The fraction of sp³-hybridized carbons (Fsp3) is 0.370. The Kier molecular flexibility index (Phi) is 6.85. The Bertz CT molecular complexity index is 1380. The van der Waals surface area contributed by atoms with Crippen LogP contribution in [-0.2, 0) is 10.5 Å². The van der Waals surface area contributed by atoms with Crippen molar-refractivity contribution in [2.45, 2.75) is 43.6 Å². The number of fused-ring (bicyclic) bond motifs is 1. The van der Waals surface area contributed by atoms with Gasteiger partial charge in [0.2, 0.25) is 16.9 Å². The lowest BCUT2D eigenvalue weighted by atomic mass is 9.73. The number of carbonyl (C=O) groups excluding carboxylic acids is 1. The van der Waals surface area contributed by atoms with E-state index < -0.39 is 6.04 Å². The molecular weight excluding hydrogens is 512 g/mol. The number of allylic oxidation sites excluding steroid dienone is 2. The van der Waals surface area contributed by atoms with Gasteiger partial charge in [0.15, 0.2) is 17.3 Å². The molecule has 0 saturated heterocycles. The van der Waals surface area contributed by atoms with Crippen LogP contribution in [0.25, 0.3) is 0 Å². The number of halogens is 1. The molecule has 1 atom stereocenters. The molecule has 5 rings (SSSR count). The summed E-state index contributed by atoms with van der Waals surface area (Å²) in [5.41, 5.74) is 3.21. The topological polar surface area (TPSA) is 87.5 Å². The van der Waals surface area contributed by atoms with Gasteiger partial charge in [0, 0.05) is 28.5 Å². The Hall–Kier alpha value is -3.17. The highest BCUT2D eigenvalue weighted by Gasteiger charge is 2.42. The summed E-state index contributed by atoms with van der Waals surface area (Å²) in [4.78, 5) is 18.3. The van der Waals surface area contributed by atoms with Crippen molar-refractivity contribution in [3.63, 3.8) is 0 Å². The molecule has 0 radical (unpaired) electrons. The number of benzene rings is 2. The summed E-state index contributed by atoms with van der Waals surface area (Å²) in [7, 11) is 4.72. The Morgan fingerprint density at radius 2 is 1.81 bits per heavy atom.